The van der Waals surface area contributed by atoms with Gasteiger partial charge in [-0.1, -0.05) is 73.5 Å². The maximum absolute atomic E-state index is 2.36. The van der Waals surface area contributed by atoms with E-state index in [0.29, 0.717) is 5.25 Å². The minimum atomic E-state index is 0.672. The highest BCUT2D eigenvalue weighted by molar-refractivity contribution is 8.00. The molecule has 0 N–H and O–H groups in total. The van der Waals surface area contributed by atoms with Crippen LogP contribution in [-0.2, 0) is 0 Å². The molecular weight excluding hydrogens is 284 g/mol. The highest BCUT2D eigenvalue weighted by Crippen LogP contribution is 2.55. The molecule has 0 nitrogen and oxygen atoms in total. The van der Waals surface area contributed by atoms with Gasteiger partial charge in [-0.15, -0.1) is 0 Å². The van der Waals surface area contributed by atoms with Crippen LogP contribution < -0.4 is 0 Å². The molecule has 4 unspecified atom stereocenters. The van der Waals surface area contributed by atoms with Crippen LogP contribution in [-0.4, -0.2) is 5.25 Å². The predicted octanol–water partition coefficient (Wildman–Crippen LogP) is 6.21. The first kappa shape index (κ1) is 14.4. The van der Waals surface area contributed by atoms with Gasteiger partial charge in [-0.05, 0) is 42.2 Å². The van der Waals surface area contributed by atoms with Gasteiger partial charge in [-0.3, -0.25) is 0 Å². The number of benzene rings is 2. The van der Waals surface area contributed by atoms with Gasteiger partial charge in [-0.25, -0.2) is 0 Å². The van der Waals surface area contributed by atoms with Gasteiger partial charge in [0.1, 0.15) is 0 Å². The first-order valence-electron chi connectivity index (χ1n) is 8.67. The molecule has 0 aromatic heterocycles. The van der Waals surface area contributed by atoms with E-state index in [1.165, 1.54) is 37.7 Å². The predicted molar refractivity (Wildman–Crippen MR) is 96.3 cm³/mol. The summed E-state index contributed by atoms with van der Waals surface area (Å²) in [6.45, 7) is 0. The minimum absolute atomic E-state index is 0.672. The van der Waals surface area contributed by atoms with Gasteiger partial charge < -0.3 is 0 Å². The van der Waals surface area contributed by atoms with Gasteiger partial charge >= 0.3 is 0 Å². The molecule has 1 saturated heterocycles. The molecule has 0 bridgehead atoms. The fraction of sp³-hybridized carbons (Fsp3) is 0.429. The maximum atomic E-state index is 2.36. The molecule has 2 aliphatic rings. The number of hydrogen-bond acceptors (Lipinski definition) is 1. The van der Waals surface area contributed by atoms with Crippen molar-refractivity contribution < 1.29 is 0 Å². The SMILES string of the molecule is c1ccc(C2CC(c3ccccc3)C3CCCCC3S2)cc1. The van der Waals surface area contributed by atoms with Crippen LogP contribution in [0.15, 0.2) is 60.7 Å². The van der Waals surface area contributed by atoms with Gasteiger partial charge in [-0.2, -0.15) is 11.8 Å². The summed E-state index contributed by atoms with van der Waals surface area (Å²) < 4.78 is 0. The van der Waals surface area contributed by atoms with Crippen molar-refractivity contribution in [2.24, 2.45) is 5.92 Å². The first-order chi connectivity index (χ1) is 10.9. The normalized spacial score (nSPS) is 31.5. The number of hydrogen-bond donors (Lipinski definition) is 0. The molecule has 22 heavy (non-hydrogen) atoms. The lowest BCUT2D eigenvalue weighted by molar-refractivity contribution is 0.290. The van der Waals surface area contributed by atoms with Crippen molar-refractivity contribution in [3.8, 4) is 0 Å². The summed E-state index contributed by atoms with van der Waals surface area (Å²) in [5.41, 5.74) is 3.10. The molecule has 1 aliphatic heterocycles. The molecule has 0 spiro atoms. The number of thioether (sulfide) groups is 1. The Balaban J connectivity index is 1.65. The van der Waals surface area contributed by atoms with E-state index in [0.717, 1.165) is 17.1 Å². The summed E-state index contributed by atoms with van der Waals surface area (Å²) in [7, 11) is 0. The van der Waals surface area contributed by atoms with Crippen molar-refractivity contribution in [1.29, 1.82) is 0 Å². The highest BCUT2D eigenvalue weighted by Gasteiger charge is 2.40. The molecule has 1 aliphatic carbocycles. The molecule has 2 fully saturated rings. The molecule has 1 heterocycles. The molecule has 114 valence electrons. The third kappa shape index (κ3) is 2.84. The van der Waals surface area contributed by atoms with E-state index < -0.39 is 0 Å². The Labute approximate surface area is 138 Å². The van der Waals surface area contributed by atoms with E-state index in [4.69, 9.17) is 0 Å². The lowest BCUT2D eigenvalue weighted by Gasteiger charge is -2.44. The van der Waals surface area contributed by atoms with E-state index in [1.807, 2.05) is 0 Å². The standard InChI is InChI=1S/C21H24S/c1-3-9-16(10-4-1)19-15-21(17-11-5-2-6-12-17)22-20-14-8-7-13-18(19)20/h1-6,9-12,18-21H,7-8,13-15H2. The second-order valence-electron chi connectivity index (χ2n) is 6.78. The third-order valence-corrected chi connectivity index (χ3v) is 7.20. The van der Waals surface area contributed by atoms with Crippen molar-refractivity contribution in [1.82, 2.24) is 0 Å². The Morgan fingerprint density at radius 2 is 1.36 bits per heavy atom. The summed E-state index contributed by atoms with van der Waals surface area (Å²) in [4.78, 5) is 0. The van der Waals surface area contributed by atoms with Crippen molar-refractivity contribution in [3.63, 3.8) is 0 Å². The monoisotopic (exact) mass is 308 g/mol. The molecule has 4 atom stereocenters. The van der Waals surface area contributed by atoms with Crippen molar-refractivity contribution in [2.45, 2.75) is 48.5 Å². The Bertz CT molecular complexity index is 592. The summed E-state index contributed by atoms with van der Waals surface area (Å²) in [5, 5.41) is 1.53. The summed E-state index contributed by atoms with van der Waals surface area (Å²) in [6, 6.07) is 22.5. The van der Waals surface area contributed by atoms with Gasteiger partial charge in [0.05, 0.1) is 0 Å². The third-order valence-electron chi connectivity index (χ3n) is 5.48. The van der Waals surface area contributed by atoms with Crippen molar-refractivity contribution in [3.05, 3.63) is 71.8 Å². The second kappa shape index (κ2) is 6.50. The zero-order valence-electron chi connectivity index (χ0n) is 13.0. The van der Waals surface area contributed by atoms with Crippen LogP contribution in [0.4, 0.5) is 0 Å². The molecule has 0 amide bonds. The maximum Gasteiger partial charge on any atom is 0.0306 e. The molecule has 0 radical (unpaired) electrons. The van der Waals surface area contributed by atoms with E-state index in [9.17, 15) is 0 Å². The highest BCUT2D eigenvalue weighted by atomic mass is 32.2. The van der Waals surface area contributed by atoms with E-state index >= 15 is 0 Å². The molecule has 2 aromatic rings. The van der Waals surface area contributed by atoms with E-state index in [2.05, 4.69) is 72.4 Å². The van der Waals surface area contributed by atoms with Crippen molar-refractivity contribution >= 4 is 11.8 Å². The van der Waals surface area contributed by atoms with Gasteiger partial charge in [0, 0.05) is 10.5 Å². The largest absolute Gasteiger partial charge is 0.150 e. The summed E-state index contributed by atoms with van der Waals surface area (Å²) in [6.07, 6.45) is 7.01. The van der Waals surface area contributed by atoms with E-state index in [-0.39, 0.29) is 0 Å². The van der Waals surface area contributed by atoms with Crippen LogP contribution in [0.5, 0.6) is 0 Å². The Kier molecular flexibility index (Phi) is 4.25. The minimum Gasteiger partial charge on any atom is -0.150 e. The van der Waals surface area contributed by atoms with Crippen molar-refractivity contribution in [2.75, 3.05) is 0 Å². The van der Waals surface area contributed by atoms with Gasteiger partial charge in [0.2, 0.25) is 0 Å². The van der Waals surface area contributed by atoms with Crippen LogP contribution in [0.2, 0.25) is 0 Å². The summed E-state index contributed by atoms with van der Waals surface area (Å²) in [5.74, 6) is 1.64. The zero-order valence-corrected chi connectivity index (χ0v) is 13.8. The van der Waals surface area contributed by atoms with Crippen LogP contribution in [0.3, 0.4) is 0 Å². The number of rotatable bonds is 2. The van der Waals surface area contributed by atoms with E-state index in [1.54, 1.807) is 5.56 Å². The average Bonchev–Trinajstić information content (AvgIpc) is 2.62. The lowest BCUT2D eigenvalue weighted by Crippen LogP contribution is -2.33. The number of fused-ring (bicyclic) bond motifs is 1. The average molecular weight is 308 g/mol. The smallest absolute Gasteiger partial charge is 0.0306 e. The van der Waals surface area contributed by atoms with Gasteiger partial charge in [0.25, 0.3) is 0 Å². The molecule has 2 aromatic carbocycles. The lowest BCUT2D eigenvalue weighted by atomic mass is 9.73. The van der Waals surface area contributed by atoms with Crippen LogP contribution in [0.25, 0.3) is 0 Å². The van der Waals surface area contributed by atoms with Crippen LogP contribution >= 0.6 is 11.8 Å². The Hall–Kier alpha value is -1.21. The fourth-order valence-electron chi connectivity index (χ4n) is 4.39. The Morgan fingerprint density at radius 3 is 2.09 bits per heavy atom. The molecule has 1 heteroatoms. The zero-order chi connectivity index (χ0) is 14.8. The van der Waals surface area contributed by atoms with Gasteiger partial charge in [0.15, 0.2) is 0 Å². The Morgan fingerprint density at radius 1 is 0.727 bits per heavy atom. The van der Waals surface area contributed by atoms with Crippen LogP contribution in [0, 0.1) is 5.92 Å². The fourth-order valence-corrected chi connectivity index (χ4v) is 6.28. The molecule has 1 saturated carbocycles. The molecular formula is C21H24S. The quantitative estimate of drug-likeness (QED) is 0.636. The first-order valence-corrected chi connectivity index (χ1v) is 9.61. The van der Waals surface area contributed by atoms with Crippen LogP contribution in [0.1, 0.15) is 54.4 Å². The second-order valence-corrected chi connectivity index (χ2v) is 8.22. The summed E-state index contributed by atoms with van der Waals surface area (Å²) >= 11 is 2.27. The molecule has 4 rings (SSSR count). The topological polar surface area (TPSA) is 0 Å².